The molecule has 146 valence electrons. The number of Topliss-reactive ketones (excluding diaryl/α,β-unsaturated/α-hetero) is 1. The molecule has 0 aromatic heterocycles. The number of hydrogen-bond acceptors (Lipinski definition) is 8. The lowest BCUT2D eigenvalue weighted by Crippen LogP contribution is -2.64. The summed E-state index contributed by atoms with van der Waals surface area (Å²) in [4.78, 5) is 25.8. The number of phenols is 2. The highest BCUT2D eigenvalue weighted by Gasteiger charge is 2.76. The van der Waals surface area contributed by atoms with E-state index >= 15 is 0 Å². The van der Waals surface area contributed by atoms with Crippen LogP contribution in [0.1, 0.15) is 15.9 Å². The molecule has 1 aliphatic heterocycles. The first-order chi connectivity index (χ1) is 13.8. The van der Waals surface area contributed by atoms with Crippen LogP contribution in [-0.2, 0) is 15.3 Å². The minimum Gasteiger partial charge on any atom is -0.507 e. The van der Waals surface area contributed by atoms with Crippen LogP contribution < -0.4 is 9.47 Å². The highest BCUT2D eigenvalue weighted by molar-refractivity contribution is 6.22. The van der Waals surface area contributed by atoms with Crippen molar-refractivity contribution < 1.29 is 39.1 Å². The number of aliphatic hydroxyl groups is 1. The number of carbonyl (C=O) groups excluding carboxylic acids is 2. The first-order valence-electron chi connectivity index (χ1n) is 8.66. The molecule has 1 aliphatic carbocycles. The van der Waals surface area contributed by atoms with Crippen LogP contribution in [0, 0.1) is 0 Å². The summed E-state index contributed by atoms with van der Waals surface area (Å²) in [6.45, 7) is 0. The fourth-order valence-corrected chi connectivity index (χ4v) is 4.05. The molecular formula is C21H14O8. The van der Waals surface area contributed by atoms with Gasteiger partial charge in [0.15, 0.2) is 0 Å². The fraction of sp³-hybridized carbons (Fsp3) is 0.143. The molecule has 0 bridgehead atoms. The van der Waals surface area contributed by atoms with Gasteiger partial charge in [-0.05, 0) is 29.7 Å². The van der Waals surface area contributed by atoms with Crippen molar-refractivity contribution in [1.82, 2.24) is 0 Å². The zero-order valence-corrected chi connectivity index (χ0v) is 15.0. The molecule has 29 heavy (non-hydrogen) atoms. The zero-order chi connectivity index (χ0) is 20.6. The van der Waals surface area contributed by atoms with E-state index in [-0.39, 0.29) is 17.1 Å². The molecule has 1 atom stereocenters. The summed E-state index contributed by atoms with van der Waals surface area (Å²) in [6, 6.07) is 12.4. The number of rotatable bonds is 1. The van der Waals surface area contributed by atoms with Crippen molar-refractivity contribution in [2.45, 2.75) is 11.4 Å². The van der Waals surface area contributed by atoms with Gasteiger partial charge in [0.1, 0.15) is 23.0 Å². The first-order valence-corrected chi connectivity index (χ1v) is 8.66. The monoisotopic (exact) mass is 394 g/mol. The SMILES string of the molecule is COC(=O)C1(O)C(=O)c2c(O)ccc(O)c2C12Oc1cccc3cccc(c13)O2. The number of ether oxygens (including phenoxy) is 3. The third kappa shape index (κ3) is 1.86. The number of methoxy groups -OCH3 is 1. The number of aromatic hydroxyl groups is 2. The van der Waals surface area contributed by atoms with Crippen molar-refractivity contribution in [3.8, 4) is 23.0 Å². The van der Waals surface area contributed by atoms with Gasteiger partial charge in [-0.1, -0.05) is 24.3 Å². The molecule has 0 saturated carbocycles. The standard InChI is InChI=1S/C21H14O8/c1-27-19(25)20(26)18(24)16-11(22)8-9-12(23)17(16)21(20)28-13-6-2-4-10-5-3-7-14(29-21)15(10)13/h2-9,22-23,26H,1H3. The molecule has 2 aliphatic rings. The quantitative estimate of drug-likeness (QED) is 0.325. The molecular weight excluding hydrogens is 380 g/mol. The van der Waals surface area contributed by atoms with E-state index in [0.29, 0.717) is 5.39 Å². The molecule has 0 saturated heterocycles. The number of hydrogen-bond donors (Lipinski definition) is 3. The van der Waals surface area contributed by atoms with E-state index < -0.39 is 40.2 Å². The summed E-state index contributed by atoms with van der Waals surface area (Å²) in [5, 5.41) is 33.5. The number of fused-ring (bicyclic) bond motifs is 2. The van der Waals surface area contributed by atoms with Crippen LogP contribution in [0.4, 0.5) is 0 Å². The van der Waals surface area contributed by atoms with Crippen molar-refractivity contribution in [1.29, 1.82) is 0 Å². The molecule has 1 spiro atoms. The van der Waals surface area contributed by atoms with Gasteiger partial charge in [0, 0.05) is 0 Å². The van der Waals surface area contributed by atoms with Crippen LogP contribution in [0.2, 0.25) is 0 Å². The average molecular weight is 394 g/mol. The van der Waals surface area contributed by atoms with E-state index in [9.17, 15) is 24.9 Å². The van der Waals surface area contributed by atoms with Crippen LogP contribution in [0.5, 0.6) is 23.0 Å². The molecule has 8 heteroatoms. The lowest BCUT2D eigenvalue weighted by Gasteiger charge is -2.42. The smallest absolute Gasteiger partial charge is 0.355 e. The van der Waals surface area contributed by atoms with Crippen LogP contribution in [0.15, 0.2) is 48.5 Å². The highest BCUT2D eigenvalue weighted by Crippen LogP contribution is 2.57. The van der Waals surface area contributed by atoms with Gasteiger partial charge in [0.2, 0.25) is 5.78 Å². The molecule has 0 radical (unpaired) electrons. The van der Waals surface area contributed by atoms with Gasteiger partial charge in [-0.25, -0.2) is 4.79 Å². The van der Waals surface area contributed by atoms with Gasteiger partial charge in [-0.3, -0.25) is 4.79 Å². The Balaban J connectivity index is 1.89. The summed E-state index contributed by atoms with van der Waals surface area (Å²) < 4.78 is 16.6. The summed E-state index contributed by atoms with van der Waals surface area (Å²) in [5.74, 6) is -5.69. The first kappa shape index (κ1) is 17.3. The number of carbonyl (C=O) groups is 2. The second kappa shape index (κ2) is 5.39. The molecule has 3 aromatic rings. The van der Waals surface area contributed by atoms with Crippen molar-refractivity contribution in [2.75, 3.05) is 7.11 Å². The number of esters is 1. The summed E-state index contributed by atoms with van der Waals surface area (Å²) in [6.07, 6.45) is 0. The Morgan fingerprint density at radius 3 is 2.14 bits per heavy atom. The molecule has 8 nitrogen and oxygen atoms in total. The van der Waals surface area contributed by atoms with Crippen LogP contribution >= 0.6 is 0 Å². The predicted molar refractivity (Wildman–Crippen MR) is 97.9 cm³/mol. The van der Waals surface area contributed by atoms with E-state index in [2.05, 4.69) is 4.74 Å². The maximum atomic E-state index is 13.1. The Kier molecular flexibility index (Phi) is 3.22. The predicted octanol–water partition coefficient (Wildman–Crippen LogP) is 1.98. The number of ketones is 1. The second-order valence-electron chi connectivity index (χ2n) is 6.82. The number of benzene rings is 3. The normalized spacial score (nSPS) is 20.8. The second-order valence-corrected chi connectivity index (χ2v) is 6.82. The third-order valence-electron chi connectivity index (χ3n) is 5.34. The molecule has 5 rings (SSSR count). The lowest BCUT2D eigenvalue weighted by molar-refractivity contribution is -0.233. The maximum Gasteiger partial charge on any atom is 0.355 e. The third-order valence-corrected chi connectivity index (χ3v) is 5.34. The topological polar surface area (TPSA) is 123 Å². The lowest BCUT2D eigenvalue weighted by atomic mass is 9.90. The Labute approximate surface area is 163 Å². The van der Waals surface area contributed by atoms with Gasteiger partial charge in [-0.2, -0.15) is 0 Å². The molecule has 1 heterocycles. The Morgan fingerprint density at radius 1 is 0.966 bits per heavy atom. The fourth-order valence-electron chi connectivity index (χ4n) is 4.05. The van der Waals surface area contributed by atoms with E-state index in [0.717, 1.165) is 24.6 Å². The molecule has 1 unspecified atom stereocenters. The van der Waals surface area contributed by atoms with Gasteiger partial charge in [0.05, 0.1) is 23.6 Å². The van der Waals surface area contributed by atoms with Gasteiger partial charge >= 0.3 is 17.4 Å². The Hall–Kier alpha value is -3.78. The average Bonchev–Trinajstić information content (AvgIpc) is 2.91. The van der Waals surface area contributed by atoms with Gasteiger partial charge in [0.25, 0.3) is 0 Å². The Morgan fingerprint density at radius 2 is 1.55 bits per heavy atom. The van der Waals surface area contributed by atoms with Crippen LogP contribution in [0.3, 0.4) is 0 Å². The zero-order valence-electron chi connectivity index (χ0n) is 15.0. The van der Waals surface area contributed by atoms with Gasteiger partial charge < -0.3 is 29.5 Å². The van der Waals surface area contributed by atoms with Crippen LogP contribution in [0.25, 0.3) is 10.8 Å². The number of phenolic OH excluding ortho intramolecular Hbond substituents is 2. The minimum atomic E-state index is -3.02. The summed E-state index contributed by atoms with van der Waals surface area (Å²) in [7, 11) is 0.988. The van der Waals surface area contributed by atoms with Crippen molar-refractivity contribution >= 4 is 22.5 Å². The van der Waals surface area contributed by atoms with E-state index in [1.807, 2.05) is 12.1 Å². The largest absolute Gasteiger partial charge is 0.507 e. The van der Waals surface area contributed by atoms with Crippen molar-refractivity contribution in [2.24, 2.45) is 0 Å². The molecule has 3 aromatic carbocycles. The summed E-state index contributed by atoms with van der Waals surface area (Å²) >= 11 is 0. The summed E-state index contributed by atoms with van der Waals surface area (Å²) in [5.41, 5.74) is -3.86. The minimum absolute atomic E-state index is 0.218. The van der Waals surface area contributed by atoms with Crippen molar-refractivity contribution in [3.05, 3.63) is 59.7 Å². The highest BCUT2D eigenvalue weighted by atomic mass is 16.7. The van der Waals surface area contributed by atoms with Crippen molar-refractivity contribution in [3.63, 3.8) is 0 Å². The van der Waals surface area contributed by atoms with Gasteiger partial charge in [-0.15, -0.1) is 0 Å². The molecule has 0 fully saturated rings. The molecule has 0 amide bonds. The van der Waals surface area contributed by atoms with E-state index in [1.54, 1.807) is 24.3 Å². The molecule has 3 N–H and O–H groups in total. The Bertz CT molecular complexity index is 1190. The van der Waals surface area contributed by atoms with E-state index in [4.69, 9.17) is 9.47 Å². The van der Waals surface area contributed by atoms with E-state index in [1.165, 1.54) is 0 Å². The van der Waals surface area contributed by atoms with Crippen LogP contribution in [-0.4, -0.2) is 39.8 Å². The maximum absolute atomic E-state index is 13.1.